The zero-order valence-corrected chi connectivity index (χ0v) is 14.8. The molecule has 1 N–H and O–H groups in total. The SMILES string of the molecule is [B][C@]1(Cc2ccc(OCC3(C)CCCCC3)cc2)SC(=O)NC1=O. The average molecular weight is 343 g/mol. The Labute approximate surface area is 148 Å². The molecule has 1 saturated carbocycles. The molecule has 2 radical (unpaired) electrons. The first kappa shape index (κ1) is 17.4. The van der Waals surface area contributed by atoms with Gasteiger partial charge in [0, 0.05) is 5.41 Å². The summed E-state index contributed by atoms with van der Waals surface area (Å²) in [6, 6.07) is 7.63. The first-order chi connectivity index (χ1) is 11.4. The van der Waals surface area contributed by atoms with E-state index in [0.29, 0.717) is 6.42 Å². The predicted molar refractivity (Wildman–Crippen MR) is 96.4 cm³/mol. The fourth-order valence-electron chi connectivity index (χ4n) is 3.37. The van der Waals surface area contributed by atoms with Gasteiger partial charge >= 0.3 is 0 Å². The lowest BCUT2D eigenvalue weighted by Crippen LogP contribution is -2.38. The highest BCUT2D eigenvalue weighted by Crippen LogP contribution is 2.36. The fourth-order valence-corrected chi connectivity index (χ4v) is 4.22. The first-order valence-electron chi connectivity index (χ1n) is 8.44. The van der Waals surface area contributed by atoms with Crippen LogP contribution >= 0.6 is 11.8 Å². The Balaban J connectivity index is 1.57. The Kier molecular flexibility index (Phi) is 4.95. The van der Waals surface area contributed by atoms with Crippen molar-refractivity contribution < 1.29 is 14.3 Å². The van der Waals surface area contributed by atoms with Crippen molar-refractivity contribution in [2.24, 2.45) is 5.41 Å². The van der Waals surface area contributed by atoms with Gasteiger partial charge in [-0.1, -0.05) is 50.1 Å². The minimum absolute atomic E-state index is 0.275. The van der Waals surface area contributed by atoms with E-state index in [9.17, 15) is 9.59 Å². The number of rotatable bonds is 5. The first-order valence-corrected chi connectivity index (χ1v) is 9.25. The molecule has 4 nitrogen and oxygen atoms in total. The summed E-state index contributed by atoms with van der Waals surface area (Å²) < 4.78 is 4.75. The number of ether oxygens (including phenoxy) is 1. The second kappa shape index (κ2) is 6.83. The topological polar surface area (TPSA) is 55.4 Å². The molecule has 0 bridgehead atoms. The molecule has 1 aromatic carbocycles. The molecule has 1 aliphatic carbocycles. The van der Waals surface area contributed by atoms with Gasteiger partial charge in [0.05, 0.1) is 11.3 Å². The maximum atomic E-state index is 11.8. The largest absolute Gasteiger partial charge is 0.493 e. The second-order valence-electron chi connectivity index (χ2n) is 7.21. The van der Waals surface area contributed by atoms with Gasteiger partial charge < -0.3 is 4.74 Å². The van der Waals surface area contributed by atoms with E-state index in [4.69, 9.17) is 12.6 Å². The molecule has 1 heterocycles. The Morgan fingerprint density at radius 1 is 1.17 bits per heavy atom. The highest BCUT2D eigenvalue weighted by atomic mass is 32.2. The van der Waals surface area contributed by atoms with E-state index >= 15 is 0 Å². The molecule has 0 spiro atoms. The number of hydrogen-bond acceptors (Lipinski definition) is 4. The third kappa shape index (κ3) is 3.97. The van der Waals surface area contributed by atoms with Crippen LogP contribution in [0, 0.1) is 5.41 Å². The van der Waals surface area contributed by atoms with Crippen LogP contribution in [0.3, 0.4) is 0 Å². The molecular formula is C18H22BNO3S. The molecule has 0 aromatic heterocycles. The van der Waals surface area contributed by atoms with E-state index in [1.54, 1.807) is 0 Å². The summed E-state index contributed by atoms with van der Waals surface area (Å²) in [7, 11) is 6.04. The minimum Gasteiger partial charge on any atom is -0.493 e. The van der Waals surface area contributed by atoms with Crippen molar-refractivity contribution in [3.05, 3.63) is 29.8 Å². The molecule has 24 heavy (non-hydrogen) atoms. The number of nitrogens with one attached hydrogen (secondary N) is 1. The molecule has 1 atom stereocenters. The summed E-state index contributed by atoms with van der Waals surface area (Å²) in [5, 5.41) is 1.85. The van der Waals surface area contributed by atoms with Crippen LogP contribution in [-0.4, -0.2) is 30.2 Å². The third-order valence-electron chi connectivity index (χ3n) is 4.91. The monoisotopic (exact) mass is 343 g/mol. The molecule has 1 aliphatic heterocycles. The Morgan fingerprint density at radius 2 is 1.83 bits per heavy atom. The number of benzene rings is 1. The van der Waals surface area contributed by atoms with E-state index in [0.717, 1.165) is 29.7 Å². The molecule has 6 heteroatoms. The van der Waals surface area contributed by atoms with Crippen LogP contribution in [0.5, 0.6) is 5.75 Å². The zero-order chi connectivity index (χ0) is 17.2. The molecule has 1 aromatic rings. The van der Waals surface area contributed by atoms with Gasteiger partial charge in [-0.3, -0.25) is 14.9 Å². The van der Waals surface area contributed by atoms with Gasteiger partial charge in [0.2, 0.25) is 5.91 Å². The number of carbonyl (C=O) groups excluding carboxylic acids is 2. The van der Waals surface area contributed by atoms with Crippen molar-refractivity contribution in [1.29, 1.82) is 0 Å². The molecule has 3 rings (SSSR count). The van der Waals surface area contributed by atoms with E-state index in [2.05, 4.69) is 12.2 Å². The summed E-state index contributed by atoms with van der Waals surface area (Å²) in [6.45, 7) is 3.03. The number of thioether (sulfide) groups is 1. The van der Waals surface area contributed by atoms with Gasteiger partial charge in [-0.25, -0.2) is 0 Å². The maximum Gasteiger partial charge on any atom is 0.285 e. The van der Waals surface area contributed by atoms with E-state index in [-0.39, 0.29) is 10.7 Å². The molecule has 126 valence electrons. The number of imide groups is 1. The van der Waals surface area contributed by atoms with Crippen molar-refractivity contribution in [2.75, 3.05) is 6.61 Å². The van der Waals surface area contributed by atoms with Gasteiger partial charge in [0.25, 0.3) is 5.24 Å². The van der Waals surface area contributed by atoms with Crippen LogP contribution in [0.1, 0.15) is 44.6 Å². The molecule has 0 unspecified atom stereocenters. The molecule has 2 aliphatic rings. The number of carbonyl (C=O) groups is 2. The second-order valence-corrected chi connectivity index (χ2v) is 8.52. The quantitative estimate of drug-likeness (QED) is 0.833. The van der Waals surface area contributed by atoms with Gasteiger partial charge in [0.15, 0.2) is 0 Å². The minimum atomic E-state index is -1.21. The van der Waals surface area contributed by atoms with Crippen LogP contribution < -0.4 is 10.1 Å². The normalized spacial score (nSPS) is 26.2. The van der Waals surface area contributed by atoms with E-state index in [1.807, 2.05) is 24.3 Å². The third-order valence-corrected chi connectivity index (χ3v) is 5.89. The van der Waals surface area contributed by atoms with Gasteiger partial charge in [0.1, 0.15) is 13.6 Å². The lowest BCUT2D eigenvalue weighted by atomic mass is 9.76. The lowest BCUT2D eigenvalue weighted by molar-refractivity contribution is -0.119. The van der Waals surface area contributed by atoms with Crippen molar-refractivity contribution in [2.45, 2.75) is 50.1 Å². The Hall–Kier alpha value is -1.43. The van der Waals surface area contributed by atoms with Crippen LogP contribution in [0.15, 0.2) is 24.3 Å². The fraction of sp³-hybridized carbons (Fsp3) is 0.556. The number of hydrogen-bond donors (Lipinski definition) is 1. The van der Waals surface area contributed by atoms with Crippen LogP contribution in [0.2, 0.25) is 0 Å². The van der Waals surface area contributed by atoms with Gasteiger partial charge in [-0.05, 0) is 37.0 Å². The van der Waals surface area contributed by atoms with Crippen molar-refractivity contribution in [1.82, 2.24) is 5.32 Å². The number of amides is 2. The standard InChI is InChI=1S/C18H22BNO3S/c1-17(9-3-2-4-10-17)12-23-14-7-5-13(6-8-14)11-18(19)15(21)20-16(22)24-18/h5-8H,2-4,9-12H2,1H3,(H,20,21,22)/t18-/m1/s1. The van der Waals surface area contributed by atoms with Crippen molar-refractivity contribution >= 4 is 30.8 Å². The molecular weight excluding hydrogens is 321 g/mol. The smallest absolute Gasteiger partial charge is 0.285 e. The van der Waals surface area contributed by atoms with Crippen molar-refractivity contribution in [3.8, 4) is 5.75 Å². The van der Waals surface area contributed by atoms with Crippen molar-refractivity contribution in [3.63, 3.8) is 0 Å². The molecule has 1 saturated heterocycles. The van der Waals surface area contributed by atoms with Crippen LogP contribution in [0.25, 0.3) is 0 Å². The summed E-state index contributed by atoms with van der Waals surface area (Å²) in [5.41, 5.74) is 1.18. The molecule has 2 fully saturated rings. The maximum absolute atomic E-state index is 11.8. The summed E-state index contributed by atoms with van der Waals surface area (Å²) in [6.07, 6.45) is 6.67. The Bertz CT molecular complexity index is 628. The van der Waals surface area contributed by atoms with E-state index in [1.165, 1.54) is 32.1 Å². The highest BCUT2D eigenvalue weighted by Gasteiger charge is 2.42. The van der Waals surface area contributed by atoms with E-state index < -0.39 is 10.6 Å². The van der Waals surface area contributed by atoms with Crippen LogP contribution in [-0.2, 0) is 11.2 Å². The lowest BCUT2D eigenvalue weighted by Gasteiger charge is -2.33. The van der Waals surface area contributed by atoms with Gasteiger partial charge in [-0.2, -0.15) is 0 Å². The predicted octanol–water partition coefficient (Wildman–Crippen LogP) is 3.43. The summed E-state index contributed by atoms with van der Waals surface area (Å²) >= 11 is 0.850. The summed E-state index contributed by atoms with van der Waals surface area (Å²) in [4.78, 5) is 23.1. The van der Waals surface area contributed by atoms with Crippen LogP contribution in [0.4, 0.5) is 4.79 Å². The average Bonchev–Trinajstić information content (AvgIpc) is 2.79. The van der Waals surface area contributed by atoms with Gasteiger partial charge in [-0.15, -0.1) is 0 Å². The zero-order valence-electron chi connectivity index (χ0n) is 14.0. The summed E-state index contributed by atoms with van der Waals surface area (Å²) in [5.74, 6) is 0.402. The Morgan fingerprint density at radius 3 is 2.42 bits per heavy atom. The molecule has 2 amide bonds. The highest BCUT2D eigenvalue weighted by molar-refractivity contribution is 8.17.